The average Bonchev–Trinajstić information content (AvgIpc) is 2.12. The average molecular weight is 191 g/mol. The van der Waals surface area contributed by atoms with Crippen LogP contribution in [0.5, 0.6) is 0 Å². The van der Waals surface area contributed by atoms with E-state index in [9.17, 15) is 0 Å². The Morgan fingerprint density at radius 1 is 0.923 bits per heavy atom. The number of fused-ring (bicyclic) bond motifs is 1. The number of rotatable bonds is 0. The van der Waals surface area contributed by atoms with Crippen LogP contribution in [0.4, 0.5) is 0 Å². The van der Waals surface area contributed by atoms with Crippen molar-refractivity contribution in [3.63, 3.8) is 0 Å². The van der Waals surface area contributed by atoms with Crippen molar-refractivity contribution < 1.29 is 0 Å². The Hall–Kier alpha value is -1.01. The van der Waals surface area contributed by atoms with E-state index in [0.29, 0.717) is 0 Å². The molecular weight excluding hydrogens is 180 g/mol. The molecular formula is C12H11Cl. The zero-order chi connectivity index (χ0) is 9.42. The standard InChI is InChI=1S/C12H11Cl/c1-8-4-3-5-11-9(2)12(13)7-6-10(8)11/h3-7H,1-2H3. The number of hydrogen-bond acceptors (Lipinski definition) is 0. The van der Waals surface area contributed by atoms with E-state index < -0.39 is 0 Å². The smallest absolute Gasteiger partial charge is 0.0441 e. The summed E-state index contributed by atoms with van der Waals surface area (Å²) in [5, 5.41) is 3.40. The van der Waals surface area contributed by atoms with Gasteiger partial charge in [0.2, 0.25) is 0 Å². The maximum absolute atomic E-state index is 6.04. The summed E-state index contributed by atoms with van der Waals surface area (Å²) in [6.45, 7) is 4.18. The van der Waals surface area contributed by atoms with Crippen LogP contribution in [0.3, 0.4) is 0 Å². The van der Waals surface area contributed by atoms with Gasteiger partial charge in [-0.25, -0.2) is 0 Å². The van der Waals surface area contributed by atoms with Gasteiger partial charge in [0, 0.05) is 5.02 Å². The highest BCUT2D eigenvalue weighted by Gasteiger charge is 2.02. The molecule has 1 heteroatoms. The third-order valence-corrected chi connectivity index (χ3v) is 2.89. The van der Waals surface area contributed by atoms with E-state index in [0.717, 1.165) is 5.02 Å². The van der Waals surface area contributed by atoms with Crippen LogP contribution in [0.25, 0.3) is 10.8 Å². The van der Waals surface area contributed by atoms with Gasteiger partial charge in [0.15, 0.2) is 0 Å². The predicted molar refractivity (Wildman–Crippen MR) is 58.4 cm³/mol. The van der Waals surface area contributed by atoms with Gasteiger partial charge in [0.1, 0.15) is 0 Å². The third kappa shape index (κ3) is 1.31. The summed E-state index contributed by atoms with van der Waals surface area (Å²) in [5.41, 5.74) is 2.47. The van der Waals surface area contributed by atoms with Gasteiger partial charge in [0.25, 0.3) is 0 Å². The van der Waals surface area contributed by atoms with E-state index in [1.165, 1.54) is 21.9 Å². The molecule has 0 aliphatic heterocycles. The summed E-state index contributed by atoms with van der Waals surface area (Å²) in [4.78, 5) is 0. The van der Waals surface area contributed by atoms with Crippen molar-refractivity contribution in [3.8, 4) is 0 Å². The fourth-order valence-electron chi connectivity index (χ4n) is 1.64. The van der Waals surface area contributed by atoms with Crippen LogP contribution in [0.2, 0.25) is 5.02 Å². The first-order chi connectivity index (χ1) is 6.20. The molecule has 0 amide bonds. The molecule has 0 saturated heterocycles. The van der Waals surface area contributed by atoms with Gasteiger partial charge in [-0.1, -0.05) is 35.9 Å². The Kier molecular flexibility index (Phi) is 2.01. The van der Waals surface area contributed by atoms with Gasteiger partial charge in [0.05, 0.1) is 0 Å². The maximum atomic E-state index is 6.04. The first kappa shape index (κ1) is 8.58. The Bertz CT molecular complexity index is 458. The maximum Gasteiger partial charge on any atom is 0.0441 e. The van der Waals surface area contributed by atoms with E-state index in [4.69, 9.17) is 11.6 Å². The van der Waals surface area contributed by atoms with E-state index in [1.807, 2.05) is 6.07 Å². The zero-order valence-corrected chi connectivity index (χ0v) is 8.52. The molecule has 0 aliphatic rings. The summed E-state index contributed by atoms with van der Waals surface area (Å²) in [6.07, 6.45) is 0. The first-order valence-corrected chi connectivity index (χ1v) is 4.72. The van der Waals surface area contributed by atoms with Gasteiger partial charge in [-0.3, -0.25) is 0 Å². The largest absolute Gasteiger partial charge is 0.0840 e. The van der Waals surface area contributed by atoms with Crippen molar-refractivity contribution in [1.82, 2.24) is 0 Å². The van der Waals surface area contributed by atoms with Crippen LogP contribution >= 0.6 is 11.6 Å². The molecule has 2 aromatic carbocycles. The molecule has 0 radical (unpaired) electrons. The molecule has 0 aliphatic carbocycles. The van der Waals surface area contributed by atoms with Crippen LogP contribution in [-0.2, 0) is 0 Å². The van der Waals surface area contributed by atoms with Gasteiger partial charge >= 0.3 is 0 Å². The molecule has 13 heavy (non-hydrogen) atoms. The lowest BCUT2D eigenvalue weighted by molar-refractivity contribution is 1.48. The van der Waals surface area contributed by atoms with Crippen molar-refractivity contribution in [2.75, 3.05) is 0 Å². The van der Waals surface area contributed by atoms with E-state index in [2.05, 4.69) is 38.1 Å². The molecule has 0 spiro atoms. The molecule has 66 valence electrons. The van der Waals surface area contributed by atoms with Gasteiger partial charge < -0.3 is 0 Å². The Morgan fingerprint density at radius 2 is 1.69 bits per heavy atom. The fraction of sp³-hybridized carbons (Fsp3) is 0.167. The van der Waals surface area contributed by atoms with Crippen molar-refractivity contribution in [3.05, 3.63) is 46.5 Å². The second-order valence-corrected chi connectivity index (χ2v) is 3.75. The molecule has 2 aromatic rings. The fourth-order valence-corrected chi connectivity index (χ4v) is 1.80. The lowest BCUT2D eigenvalue weighted by Crippen LogP contribution is -1.82. The second kappa shape index (κ2) is 3.04. The lowest BCUT2D eigenvalue weighted by Gasteiger charge is -2.06. The highest BCUT2D eigenvalue weighted by molar-refractivity contribution is 6.32. The van der Waals surface area contributed by atoms with Crippen LogP contribution < -0.4 is 0 Å². The van der Waals surface area contributed by atoms with Crippen molar-refractivity contribution >= 4 is 22.4 Å². The molecule has 0 fully saturated rings. The van der Waals surface area contributed by atoms with E-state index in [1.54, 1.807) is 0 Å². The molecule has 0 aromatic heterocycles. The number of hydrogen-bond donors (Lipinski definition) is 0. The van der Waals surface area contributed by atoms with E-state index >= 15 is 0 Å². The monoisotopic (exact) mass is 190 g/mol. The quantitative estimate of drug-likeness (QED) is 0.587. The summed E-state index contributed by atoms with van der Waals surface area (Å²) >= 11 is 6.04. The predicted octanol–water partition coefficient (Wildman–Crippen LogP) is 4.11. The Labute approximate surface area is 83.1 Å². The molecule has 0 nitrogen and oxygen atoms in total. The van der Waals surface area contributed by atoms with Crippen LogP contribution in [-0.4, -0.2) is 0 Å². The van der Waals surface area contributed by atoms with Crippen molar-refractivity contribution in [2.45, 2.75) is 13.8 Å². The molecule has 0 heterocycles. The summed E-state index contributed by atoms with van der Waals surface area (Å²) in [5.74, 6) is 0. The van der Waals surface area contributed by atoms with Gasteiger partial charge in [-0.2, -0.15) is 0 Å². The Morgan fingerprint density at radius 3 is 2.46 bits per heavy atom. The molecule has 0 bridgehead atoms. The highest BCUT2D eigenvalue weighted by atomic mass is 35.5. The van der Waals surface area contributed by atoms with Crippen LogP contribution in [0.15, 0.2) is 30.3 Å². The van der Waals surface area contributed by atoms with Gasteiger partial charge in [-0.15, -0.1) is 0 Å². The van der Waals surface area contributed by atoms with Crippen LogP contribution in [0, 0.1) is 13.8 Å². The number of benzene rings is 2. The zero-order valence-electron chi connectivity index (χ0n) is 7.76. The minimum atomic E-state index is 0.845. The van der Waals surface area contributed by atoms with Crippen molar-refractivity contribution in [1.29, 1.82) is 0 Å². The molecule has 2 rings (SSSR count). The summed E-state index contributed by atoms with van der Waals surface area (Å²) in [7, 11) is 0. The molecule has 0 N–H and O–H groups in total. The molecule has 0 unspecified atom stereocenters. The van der Waals surface area contributed by atoms with Crippen LogP contribution in [0.1, 0.15) is 11.1 Å². The van der Waals surface area contributed by atoms with Crippen molar-refractivity contribution in [2.24, 2.45) is 0 Å². The number of aryl methyl sites for hydroxylation is 2. The first-order valence-electron chi connectivity index (χ1n) is 4.34. The minimum absolute atomic E-state index is 0.845. The number of halogens is 1. The molecule has 0 saturated carbocycles. The lowest BCUT2D eigenvalue weighted by atomic mass is 10.0. The SMILES string of the molecule is Cc1cccc2c(C)c(Cl)ccc12. The van der Waals surface area contributed by atoms with Gasteiger partial charge in [-0.05, 0) is 41.8 Å². The Balaban J connectivity index is 2.94. The summed E-state index contributed by atoms with van der Waals surface area (Å²) in [6, 6.07) is 10.4. The normalized spacial score (nSPS) is 10.7. The summed E-state index contributed by atoms with van der Waals surface area (Å²) < 4.78 is 0. The molecule has 0 atom stereocenters. The topological polar surface area (TPSA) is 0 Å². The second-order valence-electron chi connectivity index (χ2n) is 3.34. The minimum Gasteiger partial charge on any atom is -0.0840 e. The van der Waals surface area contributed by atoms with E-state index in [-0.39, 0.29) is 0 Å². The highest BCUT2D eigenvalue weighted by Crippen LogP contribution is 2.26. The third-order valence-electron chi connectivity index (χ3n) is 2.48.